The van der Waals surface area contributed by atoms with Crippen molar-refractivity contribution in [3.8, 4) is 5.75 Å². The van der Waals surface area contributed by atoms with Crippen LogP contribution in [0.25, 0.3) is 0 Å². The van der Waals surface area contributed by atoms with Gasteiger partial charge in [-0.1, -0.05) is 24.3 Å². The van der Waals surface area contributed by atoms with E-state index in [-0.39, 0.29) is 5.78 Å². The normalized spacial score (nSPS) is 18.3. The average molecular weight is 433 g/mol. The second kappa shape index (κ2) is 9.41. The Kier molecular flexibility index (Phi) is 7.36. The summed E-state index contributed by atoms with van der Waals surface area (Å²) in [6.07, 6.45) is 2.34. The molecule has 0 saturated heterocycles. The Bertz CT molecular complexity index is 850. The average Bonchev–Trinajstić information content (AvgIpc) is 3.12. The maximum atomic E-state index is 13.2. The van der Waals surface area contributed by atoms with Crippen LogP contribution in [0.2, 0.25) is 0 Å². The minimum atomic E-state index is -0.808. The molecule has 1 N–H and O–H groups in total. The monoisotopic (exact) mass is 432 g/mol. The molecule has 2 rings (SSSR count). The Morgan fingerprint density at radius 1 is 1.03 bits per heavy atom. The maximum Gasteiger partial charge on any atom is 0.429 e. The zero-order valence-electron chi connectivity index (χ0n) is 19.2. The number of amides is 2. The van der Waals surface area contributed by atoms with E-state index in [0.717, 1.165) is 5.01 Å². The van der Waals surface area contributed by atoms with Crippen molar-refractivity contribution in [1.29, 1.82) is 0 Å². The molecule has 1 aliphatic rings. The standard InChI is InChI=1S/C23H32N2O6/c1-22(2,3)30-20(27)24-25(21(28)31-23(4,5)6)18-13-9-12-17(18)19(26)15-10-8-11-16(14-15)29-7/h8-12,14,17-18H,13H2,1-7H3,(H,24,27)/t17-,18-/m0/s1. The number of Topliss-reactive ketones (excluding diaryl/α,β-unsaturated/α-hetero) is 1. The van der Waals surface area contributed by atoms with Gasteiger partial charge in [0, 0.05) is 5.56 Å². The van der Waals surface area contributed by atoms with Crippen molar-refractivity contribution < 1.29 is 28.6 Å². The highest BCUT2D eigenvalue weighted by Crippen LogP contribution is 2.29. The minimum Gasteiger partial charge on any atom is -0.497 e. The molecule has 0 bridgehead atoms. The van der Waals surface area contributed by atoms with Crippen molar-refractivity contribution in [2.24, 2.45) is 5.92 Å². The van der Waals surface area contributed by atoms with Crippen LogP contribution in [0.15, 0.2) is 36.4 Å². The van der Waals surface area contributed by atoms with Crippen LogP contribution in [0.3, 0.4) is 0 Å². The molecule has 31 heavy (non-hydrogen) atoms. The second-order valence-corrected chi connectivity index (χ2v) is 9.32. The van der Waals surface area contributed by atoms with Crippen LogP contribution in [-0.4, -0.2) is 47.3 Å². The summed E-state index contributed by atoms with van der Waals surface area (Å²) in [5.74, 6) is -0.313. The molecular weight excluding hydrogens is 400 g/mol. The van der Waals surface area contributed by atoms with Crippen molar-refractivity contribution in [2.75, 3.05) is 7.11 Å². The third kappa shape index (κ3) is 7.01. The largest absolute Gasteiger partial charge is 0.497 e. The van der Waals surface area contributed by atoms with Gasteiger partial charge in [0.1, 0.15) is 17.0 Å². The summed E-state index contributed by atoms with van der Waals surface area (Å²) < 4.78 is 16.0. The van der Waals surface area contributed by atoms with Crippen LogP contribution in [0.4, 0.5) is 9.59 Å². The number of methoxy groups -OCH3 is 1. The van der Waals surface area contributed by atoms with E-state index in [1.807, 2.05) is 6.08 Å². The van der Waals surface area contributed by atoms with Crippen LogP contribution in [0.5, 0.6) is 5.75 Å². The third-order valence-corrected chi connectivity index (χ3v) is 4.32. The smallest absolute Gasteiger partial charge is 0.429 e. The number of hydrazine groups is 1. The van der Waals surface area contributed by atoms with Crippen molar-refractivity contribution in [1.82, 2.24) is 10.4 Å². The fraction of sp³-hybridized carbons (Fsp3) is 0.522. The number of carbonyl (C=O) groups excluding carboxylic acids is 3. The molecule has 2 amide bonds. The highest BCUT2D eigenvalue weighted by molar-refractivity contribution is 6.00. The molecule has 1 aromatic rings. The van der Waals surface area contributed by atoms with Gasteiger partial charge in [0.05, 0.1) is 19.1 Å². The van der Waals surface area contributed by atoms with Gasteiger partial charge in [0.25, 0.3) is 0 Å². The summed E-state index contributed by atoms with van der Waals surface area (Å²) >= 11 is 0. The van der Waals surface area contributed by atoms with Crippen LogP contribution >= 0.6 is 0 Å². The first-order chi connectivity index (χ1) is 14.3. The van der Waals surface area contributed by atoms with Crippen LogP contribution in [0, 0.1) is 5.92 Å². The van der Waals surface area contributed by atoms with E-state index >= 15 is 0 Å². The molecule has 1 aromatic carbocycles. The number of benzene rings is 1. The molecule has 0 radical (unpaired) electrons. The summed E-state index contributed by atoms with van der Waals surface area (Å²) in [7, 11) is 1.52. The van der Waals surface area contributed by atoms with E-state index < -0.39 is 35.3 Å². The first kappa shape index (κ1) is 24.2. The van der Waals surface area contributed by atoms with Crippen LogP contribution in [-0.2, 0) is 9.47 Å². The van der Waals surface area contributed by atoms with Gasteiger partial charge in [0.15, 0.2) is 5.78 Å². The summed E-state index contributed by atoms with van der Waals surface area (Å²) in [6, 6.07) is 6.14. The van der Waals surface area contributed by atoms with Crippen LogP contribution < -0.4 is 10.2 Å². The van der Waals surface area contributed by atoms with E-state index in [2.05, 4.69) is 5.43 Å². The number of ether oxygens (including phenoxy) is 3. The molecule has 0 saturated carbocycles. The number of carbonyl (C=O) groups is 3. The number of rotatable bonds is 4. The first-order valence-corrected chi connectivity index (χ1v) is 10.2. The summed E-state index contributed by atoms with van der Waals surface area (Å²) in [5, 5.41) is 1.06. The number of ketones is 1. The summed E-state index contributed by atoms with van der Waals surface area (Å²) in [6.45, 7) is 10.3. The zero-order valence-corrected chi connectivity index (χ0v) is 19.2. The Morgan fingerprint density at radius 3 is 2.26 bits per heavy atom. The molecule has 0 spiro atoms. The second-order valence-electron chi connectivity index (χ2n) is 9.32. The lowest BCUT2D eigenvalue weighted by atomic mass is 9.93. The molecule has 0 aromatic heterocycles. The van der Waals surface area contributed by atoms with Gasteiger partial charge in [-0.15, -0.1) is 0 Å². The van der Waals surface area contributed by atoms with Gasteiger partial charge in [-0.25, -0.2) is 20.0 Å². The van der Waals surface area contributed by atoms with Gasteiger partial charge in [-0.3, -0.25) is 4.79 Å². The van der Waals surface area contributed by atoms with Gasteiger partial charge in [-0.05, 0) is 60.1 Å². The van der Waals surface area contributed by atoms with Gasteiger partial charge >= 0.3 is 12.2 Å². The van der Waals surface area contributed by atoms with Crippen LogP contribution in [0.1, 0.15) is 58.3 Å². The SMILES string of the molecule is COc1cccc(C(=O)[C@H]2C=CC[C@@H]2N(NC(=O)OC(C)(C)C)C(=O)OC(C)(C)C)c1. The Morgan fingerprint density at radius 2 is 1.68 bits per heavy atom. The topological polar surface area (TPSA) is 94.2 Å². The number of hydrogen-bond donors (Lipinski definition) is 1. The van der Waals surface area contributed by atoms with Crippen molar-refractivity contribution >= 4 is 18.0 Å². The number of nitrogens with zero attached hydrogens (tertiary/aromatic N) is 1. The predicted molar refractivity (Wildman–Crippen MR) is 116 cm³/mol. The summed E-state index contributed by atoms with van der Waals surface area (Å²) in [4.78, 5) is 38.6. The Labute approximate surface area is 183 Å². The predicted octanol–water partition coefficient (Wildman–Crippen LogP) is 4.50. The van der Waals surface area contributed by atoms with E-state index in [1.54, 1.807) is 71.9 Å². The molecule has 170 valence electrons. The lowest BCUT2D eigenvalue weighted by Gasteiger charge is -2.34. The molecule has 0 unspecified atom stereocenters. The number of nitrogens with one attached hydrogen (secondary N) is 1. The van der Waals surface area contributed by atoms with E-state index in [1.165, 1.54) is 7.11 Å². The van der Waals surface area contributed by atoms with Crippen molar-refractivity contribution in [3.63, 3.8) is 0 Å². The lowest BCUT2D eigenvalue weighted by molar-refractivity contribution is -0.0120. The van der Waals surface area contributed by atoms with Gasteiger partial charge in [0.2, 0.25) is 0 Å². The molecule has 2 atom stereocenters. The maximum absolute atomic E-state index is 13.2. The summed E-state index contributed by atoms with van der Waals surface area (Å²) in [5.41, 5.74) is 1.38. The molecule has 8 nitrogen and oxygen atoms in total. The third-order valence-electron chi connectivity index (χ3n) is 4.32. The van der Waals surface area contributed by atoms with E-state index in [4.69, 9.17) is 14.2 Å². The van der Waals surface area contributed by atoms with Crippen molar-refractivity contribution in [3.05, 3.63) is 42.0 Å². The minimum absolute atomic E-state index is 0.197. The van der Waals surface area contributed by atoms with E-state index in [0.29, 0.717) is 17.7 Å². The Hall–Kier alpha value is -3.03. The lowest BCUT2D eigenvalue weighted by Crippen LogP contribution is -2.56. The fourth-order valence-electron chi connectivity index (χ4n) is 3.11. The van der Waals surface area contributed by atoms with Crippen molar-refractivity contribution in [2.45, 2.75) is 65.2 Å². The fourth-order valence-corrected chi connectivity index (χ4v) is 3.11. The Balaban J connectivity index is 2.31. The molecule has 0 aliphatic heterocycles. The van der Waals surface area contributed by atoms with Gasteiger partial charge < -0.3 is 14.2 Å². The highest BCUT2D eigenvalue weighted by atomic mass is 16.6. The number of hydrogen-bond acceptors (Lipinski definition) is 6. The molecular formula is C23H32N2O6. The molecule has 0 heterocycles. The quantitative estimate of drug-likeness (QED) is 0.428. The first-order valence-electron chi connectivity index (χ1n) is 10.2. The molecule has 0 fully saturated rings. The molecule has 8 heteroatoms. The molecule has 1 aliphatic carbocycles. The highest BCUT2D eigenvalue weighted by Gasteiger charge is 2.40. The van der Waals surface area contributed by atoms with E-state index in [9.17, 15) is 14.4 Å². The zero-order chi connectivity index (χ0) is 23.4. The van der Waals surface area contributed by atoms with Gasteiger partial charge in [-0.2, -0.15) is 0 Å².